The number of halogens is 1. The van der Waals surface area contributed by atoms with Gasteiger partial charge in [0.1, 0.15) is 0 Å². The largest absolute Gasteiger partial charge is 0.314 e. The van der Waals surface area contributed by atoms with Gasteiger partial charge in [0, 0.05) is 11.1 Å². The van der Waals surface area contributed by atoms with Crippen LogP contribution in [0.25, 0.3) is 0 Å². The predicted octanol–water partition coefficient (Wildman–Crippen LogP) is 3.98. The molecule has 0 aliphatic carbocycles. The van der Waals surface area contributed by atoms with Gasteiger partial charge in [-0.25, -0.2) is 0 Å². The zero-order valence-electron chi connectivity index (χ0n) is 9.88. The Hall–Kier alpha value is -0.530. The lowest BCUT2D eigenvalue weighted by Gasteiger charge is -2.26. The standard InChI is InChI=1S/C14H20ClN/c1-11(10-12-6-4-5-9-16-12)13-7-2-3-8-14(13)15/h2-3,7-8,11-12,16H,4-6,9-10H2,1H3. The summed E-state index contributed by atoms with van der Waals surface area (Å²) in [7, 11) is 0. The van der Waals surface area contributed by atoms with Gasteiger partial charge in [0.15, 0.2) is 0 Å². The molecule has 1 N–H and O–H groups in total. The SMILES string of the molecule is CC(CC1CCCCN1)c1ccccc1Cl. The van der Waals surface area contributed by atoms with Crippen molar-refractivity contribution in [1.82, 2.24) is 5.32 Å². The molecule has 0 amide bonds. The van der Waals surface area contributed by atoms with E-state index in [1.54, 1.807) is 0 Å². The molecule has 16 heavy (non-hydrogen) atoms. The molecule has 0 aromatic heterocycles. The Bertz CT molecular complexity index is 331. The fourth-order valence-electron chi connectivity index (χ4n) is 2.55. The van der Waals surface area contributed by atoms with Gasteiger partial charge in [-0.2, -0.15) is 0 Å². The Morgan fingerprint density at radius 1 is 1.38 bits per heavy atom. The van der Waals surface area contributed by atoms with Gasteiger partial charge in [0.05, 0.1) is 0 Å². The van der Waals surface area contributed by atoms with Crippen LogP contribution < -0.4 is 5.32 Å². The van der Waals surface area contributed by atoms with E-state index < -0.39 is 0 Å². The van der Waals surface area contributed by atoms with Crippen molar-refractivity contribution in [3.05, 3.63) is 34.9 Å². The molecule has 0 saturated carbocycles. The first-order chi connectivity index (χ1) is 7.77. The van der Waals surface area contributed by atoms with Crippen LogP contribution in [0, 0.1) is 0 Å². The molecular formula is C14H20ClN. The third-order valence-electron chi connectivity index (χ3n) is 3.49. The second kappa shape index (κ2) is 5.70. The van der Waals surface area contributed by atoms with Crippen molar-refractivity contribution in [2.45, 2.75) is 44.6 Å². The lowest BCUT2D eigenvalue weighted by molar-refractivity contribution is 0.366. The van der Waals surface area contributed by atoms with E-state index in [0.717, 1.165) is 5.02 Å². The first kappa shape index (κ1) is 11.9. The predicted molar refractivity (Wildman–Crippen MR) is 70.1 cm³/mol. The molecule has 1 aliphatic rings. The summed E-state index contributed by atoms with van der Waals surface area (Å²) in [5, 5.41) is 4.50. The van der Waals surface area contributed by atoms with Gasteiger partial charge in [0.25, 0.3) is 0 Å². The van der Waals surface area contributed by atoms with Gasteiger partial charge in [-0.15, -0.1) is 0 Å². The molecule has 2 atom stereocenters. The van der Waals surface area contributed by atoms with E-state index in [2.05, 4.69) is 24.4 Å². The summed E-state index contributed by atoms with van der Waals surface area (Å²) in [6.07, 6.45) is 5.21. The Balaban J connectivity index is 1.96. The van der Waals surface area contributed by atoms with Crippen molar-refractivity contribution >= 4 is 11.6 Å². The van der Waals surface area contributed by atoms with Gasteiger partial charge >= 0.3 is 0 Å². The second-order valence-electron chi connectivity index (χ2n) is 4.81. The fourth-order valence-corrected chi connectivity index (χ4v) is 2.88. The van der Waals surface area contributed by atoms with E-state index >= 15 is 0 Å². The Morgan fingerprint density at radius 3 is 2.88 bits per heavy atom. The molecule has 1 heterocycles. The first-order valence-corrected chi connectivity index (χ1v) is 6.63. The summed E-state index contributed by atoms with van der Waals surface area (Å²) in [5.74, 6) is 0.546. The van der Waals surface area contributed by atoms with Crippen molar-refractivity contribution in [2.75, 3.05) is 6.54 Å². The minimum Gasteiger partial charge on any atom is -0.314 e. The highest BCUT2D eigenvalue weighted by Crippen LogP contribution is 2.28. The highest BCUT2D eigenvalue weighted by Gasteiger charge is 2.17. The van der Waals surface area contributed by atoms with Crippen molar-refractivity contribution in [2.24, 2.45) is 0 Å². The van der Waals surface area contributed by atoms with Crippen molar-refractivity contribution in [1.29, 1.82) is 0 Å². The molecule has 2 heteroatoms. The molecule has 0 radical (unpaired) electrons. The summed E-state index contributed by atoms with van der Waals surface area (Å²) in [5.41, 5.74) is 1.29. The highest BCUT2D eigenvalue weighted by molar-refractivity contribution is 6.31. The molecule has 2 unspecified atom stereocenters. The Morgan fingerprint density at radius 2 is 2.19 bits per heavy atom. The van der Waals surface area contributed by atoms with Gasteiger partial charge < -0.3 is 5.32 Å². The molecule has 1 aliphatic heterocycles. The van der Waals surface area contributed by atoms with Crippen molar-refractivity contribution in [3.8, 4) is 0 Å². The zero-order chi connectivity index (χ0) is 11.4. The van der Waals surface area contributed by atoms with Gasteiger partial charge in [-0.1, -0.05) is 43.1 Å². The molecule has 1 nitrogen and oxygen atoms in total. The monoisotopic (exact) mass is 237 g/mol. The summed E-state index contributed by atoms with van der Waals surface area (Å²) < 4.78 is 0. The van der Waals surface area contributed by atoms with Crippen molar-refractivity contribution in [3.63, 3.8) is 0 Å². The number of rotatable bonds is 3. The Labute approximate surface area is 103 Å². The summed E-state index contributed by atoms with van der Waals surface area (Å²) in [4.78, 5) is 0. The molecular weight excluding hydrogens is 218 g/mol. The third-order valence-corrected chi connectivity index (χ3v) is 3.83. The molecule has 1 saturated heterocycles. The van der Waals surface area contributed by atoms with E-state index in [9.17, 15) is 0 Å². The van der Waals surface area contributed by atoms with Crippen LogP contribution in [0.4, 0.5) is 0 Å². The third kappa shape index (κ3) is 2.99. The number of nitrogens with one attached hydrogen (secondary N) is 1. The molecule has 88 valence electrons. The van der Waals surface area contributed by atoms with Crippen LogP contribution in [-0.2, 0) is 0 Å². The van der Waals surface area contributed by atoms with Gasteiger partial charge in [0.2, 0.25) is 0 Å². The van der Waals surface area contributed by atoms with Gasteiger partial charge in [-0.3, -0.25) is 0 Å². The zero-order valence-corrected chi connectivity index (χ0v) is 10.6. The van der Waals surface area contributed by atoms with E-state index in [-0.39, 0.29) is 0 Å². The van der Waals surface area contributed by atoms with Crippen molar-refractivity contribution < 1.29 is 0 Å². The maximum absolute atomic E-state index is 6.22. The molecule has 0 bridgehead atoms. The van der Waals surface area contributed by atoms with Crippen LogP contribution in [0.3, 0.4) is 0 Å². The normalized spacial score (nSPS) is 23.0. The lowest BCUT2D eigenvalue weighted by atomic mass is 9.90. The minimum absolute atomic E-state index is 0.546. The lowest BCUT2D eigenvalue weighted by Crippen LogP contribution is -2.34. The molecule has 0 spiro atoms. The topological polar surface area (TPSA) is 12.0 Å². The van der Waals surface area contributed by atoms with Gasteiger partial charge in [-0.05, 0) is 43.4 Å². The van der Waals surface area contributed by atoms with E-state index in [0.29, 0.717) is 12.0 Å². The first-order valence-electron chi connectivity index (χ1n) is 6.25. The smallest absolute Gasteiger partial charge is 0.0440 e. The van der Waals surface area contributed by atoms with Crippen LogP contribution >= 0.6 is 11.6 Å². The number of hydrogen-bond acceptors (Lipinski definition) is 1. The minimum atomic E-state index is 0.546. The quantitative estimate of drug-likeness (QED) is 0.839. The Kier molecular flexibility index (Phi) is 4.25. The fraction of sp³-hybridized carbons (Fsp3) is 0.571. The van der Waals surface area contributed by atoms with Crippen LogP contribution in [0.1, 0.15) is 44.1 Å². The van der Waals surface area contributed by atoms with E-state index in [4.69, 9.17) is 11.6 Å². The van der Waals surface area contributed by atoms with Crippen LogP contribution in [0.15, 0.2) is 24.3 Å². The maximum Gasteiger partial charge on any atom is 0.0440 e. The number of hydrogen-bond donors (Lipinski definition) is 1. The number of benzene rings is 1. The second-order valence-corrected chi connectivity index (χ2v) is 5.21. The highest BCUT2D eigenvalue weighted by atomic mass is 35.5. The summed E-state index contributed by atoms with van der Waals surface area (Å²) in [6.45, 7) is 3.46. The average Bonchev–Trinajstić information content (AvgIpc) is 2.31. The molecule has 2 rings (SSSR count). The summed E-state index contributed by atoms with van der Waals surface area (Å²) in [6, 6.07) is 8.89. The molecule has 1 aromatic carbocycles. The van der Waals surface area contributed by atoms with Crippen LogP contribution in [0.2, 0.25) is 5.02 Å². The summed E-state index contributed by atoms with van der Waals surface area (Å²) >= 11 is 6.22. The van der Waals surface area contributed by atoms with Crippen LogP contribution in [0.5, 0.6) is 0 Å². The van der Waals surface area contributed by atoms with Crippen LogP contribution in [-0.4, -0.2) is 12.6 Å². The number of piperidine rings is 1. The maximum atomic E-state index is 6.22. The molecule has 1 aromatic rings. The molecule has 1 fully saturated rings. The average molecular weight is 238 g/mol. The van der Waals surface area contributed by atoms with E-state index in [1.165, 1.54) is 37.8 Å². The van der Waals surface area contributed by atoms with E-state index in [1.807, 2.05) is 12.1 Å².